The summed E-state index contributed by atoms with van der Waals surface area (Å²) >= 11 is 0. The molecule has 0 atom stereocenters. The summed E-state index contributed by atoms with van der Waals surface area (Å²) in [7, 11) is 1.81. The first-order valence-electron chi connectivity index (χ1n) is 6.53. The van der Waals surface area contributed by atoms with Crippen molar-refractivity contribution in [1.29, 1.82) is 0 Å². The van der Waals surface area contributed by atoms with Crippen LogP contribution in [-0.4, -0.2) is 33.8 Å². The fraction of sp³-hybridized carbons (Fsp3) is 0.267. The molecular formula is C15H16N2O3. The highest BCUT2D eigenvalue weighted by Gasteiger charge is 2.17. The average molecular weight is 272 g/mol. The van der Waals surface area contributed by atoms with E-state index in [1.165, 1.54) is 0 Å². The standard InChI is InChI=1S/C15H16N2O3/c1-17-8-12(15(19)20)11-7-14(18)10(6-13(11)17)9-2-4-16-5-3-9/h2,6-8,16,18H,3-5H2,1H3,(H,19,20). The number of aryl methyl sites for hydroxylation is 1. The van der Waals surface area contributed by atoms with Crippen LogP contribution >= 0.6 is 0 Å². The lowest BCUT2D eigenvalue weighted by molar-refractivity contribution is 0.0699. The number of carbonyl (C=O) groups is 1. The van der Waals surface area contributed by atoms with Gasteiger partial charge in [0.25, 0.3) is 0 Å². The van der Waals surface area contributed by atoms with Crippen LogP contribution in [0.2, 0.25) is 0 Å². The Hall–Kier alpha value is -2.27. The van der Waals surface area contributed by atoms with Crippen LogP contribution in [0.4, 0.5) is 0 Å². The van der Waals surface area contributed by atoms with Crippen LogP contribution < -0.4 is 5.32 Å². The fourth-order valence-corrected chi connectivity index (χ4v) is 2.71. The van der Waals surface area contributed by atoms with Crippen molar-refractivity contribution in [3.63, 3.8) is 0 Å². The molecule has 0 spiro atoms. The Balaban J connectivity index is 2.21. The number of aromatic nitrogens is 1. The number of hydrogen-bond donors (Lipinski definition) is 3. The summed E-state index contributed by atoms with van der Waals surface area (Å²) in [5, 5.41) is 23.2. The molecule has 0 radical (unpaired) electrons. The molecule has 0 unspecified atom stereocenters. The molecule has 0 saturated carbocycles. The van der Waals surface area contributed by atoms with Gasteiger partial charge >= 0.3 is 5.97 Å². The summed E-state index contributed by atoms with van der Waals surface area (Å²) in [5.74, 6) is -0.844. The number of nitrogens with one attached hydrogen (secondary N) is 1. The van der Waals surface area contributed by atoms with Gasteiger partial charge in [0.05, 0.1) is 5.56 Å². The molecule has 5 nitrogen and oxygen atoms in total. The quantitative estimate of drug-likeness (QED) is 0.781. The number of hydrogen-bond acceptors (Lipinski definition) is 3. The van der Waals surface area contributed by atoms with E-state index in [1.54, 1.807) is 16.8 Å². The lowest BCUT2D eigenvalue weighted by Gasteiger charge is -2.15. The summed E-state index contributed by atoms with van der Waals surface area (Å²) in [4.78, 5) is 11.2. The molecule has 2 heterocycles. The van der Waals surface area contributed by atoms with E-state index in [0.29, 0.717) is 5.39 Å². The molecule has 3 N–H and O–H groups in total. The zero-order valence-electron chi connectivity index (χ0n) is 11.2. The molecule has 1 aliphatic heterocycles. The van der Waals surface area contributed by atoms with Crippen molar-refractivity contribution in [3.05, 3.63) is 35.5 Å². The highest BCUT2D eigenvalue weighted by Crippen LogP contribution is 2.34. The third-order valence-corrected chi connectivity index (χ3v) is 3.75. The van der Waals surface area contributed by atoms with Gasteiger partial charge in [-0.15, -0.1) is 0 Å². The lowest BCUT2D eigenvalue weighted by Crippen LogP contribution is -2.20. The number of aromatic hydroxyl groups is 1. The molecule has 0 amide bonds. The topological polar surface area (TPSA) is 74.5 Å². The van der Waals surface area contributed by atoms with Crippen LogP contribution in [0.5, 0.6) is 5.75 Å². The van der Waals surface area contributed by atoms with Crippen LogP contribution in [0.1, 0.15) is 22.3 Å². The maximum absolute atomic E-state index is 11.2. The maximum Gasteiger partial charge on any atom is 0.337 e. The Morgan fingerprint density at radius 2 is 2.20 bits per heavy atom. The van der Waals surface area contributed by atoms with E-state index in [2.05, 4.69) is 11.4 Å². The van der Waals surface area contributed by atoms with E-state index in [-0.39, 0.29) is 11.3 Å². The number of phenols is 1. The molecule has 5 heteroatoms. The third-order valence-electron chi connectivity index (χ3n) is 3.75. The average Bonchev–Trinajstić information content (AvgIpc) is 2.76. The van der Waals surface area contributed by atoms with Crippen molar-refractivity contribution < 1.29 is 15.0 Å². The number of aromatic carboxylic acids is 1. The smallest absolute Gasteiger partial charge is 0.337 e. The largest absolute Gasteiger partial charge is 0.507 e. The zero-order chi connectivity index (χ0) is 14.3. The van der Waals surface area contributed by atoms with Gasteiger partial charge in [-0.1, -0.05) is 6.08 Å². The SMILES string of the molecule is Cn1cc(C(=O)O)c2cc(O)c(C3=CCNCC3)cc21. The summed E-state index contributed by atoms with van der Waals surface area (Å²) < 4.78 is 1.78. The molecule has 20 heavy (non-hydrogen) atoms. The van der Waals surface area contributed by atoms with E-state index in [0.717, 1.165) is 36.2 Å². The number of carboxylic acid groups (broad SMARTS) is 1. The van der Waals surface area contributed by atoms with E-state index < -0.39 is 5.97 Å². The minimum atomic E-state index is -0.983. The first-order valence-corrected chi connectivity index (χ1v) is 6.53. The van der Waals surface area contributed by atoms with E-state index in [1.807, 2.05) is 13.1 Å². The summed E-state index contributed by atoms with van der Waals surface area (Å²) in [6, 6.07) is 3.42. The van der Waals surface area contributed by atoms with Gasteiger partial charge in [-0.3, -0.25) is 0 Å². The molecule has 0 bridgehead atoms. The van der Waals surface area contributed by atoms with Crippen molar-refractivity contribution in [1.82, 2.24) is 9.88 Å². The van der Waals surface area contributed by atoms with Gasteiger partial charge in [-0.05, 0) is 30.7 Å². The number of fused-ring (bicyclic) bond motifs is 1. The first-order chi connectivity index (χ1) is 9.58. The van der Waals surface area contributed by atoms with Crippen molar-refractivity contribution in [2.45, 2.75) is 6.42 Å². The Bertz CT molecular complexity index is 728. The predicted octanol–water partition coefficient (Wildman–Crippen LogP) is 1.96. The molecule has 1 aliphatic rings. The Labute approximate surface area is 116 Å². The van der Waals surface area contributed by atoms with Gasteiger partial charge in [0.15, 0.2) is 0 Å². The highest BCUT2D eigenvalue weighted by atomic mass is 16.4. The van der Waals surface area contributed by atoms with Crippen LogP contribution in [-0.2, 0) is 7.05 Å². The van der Waals surface area contributed by atoms with Gasteiger partial charge in [0.1, 0.15) is 5.75 Å². The van der Waals surface area contributed by atoms with E-state index in [4.69, 9.17) is 0 Å². The number of benzene rings is 1. The first kappa shape index (κ1) is 12.7. The van der Waals surface area contributed by atoms with E-state index in [9.17, 15) is 15.0 Å². The minimum absolute atomic E-state index is 0.138. The van der Waals surface area contributed by atoms with Crippen LogP contribution in [0.15, 0.2) is 24.4 Å². The number of rotatable bonds is 2. The van der Waals surface area contributed by atoms with Gasteiger partial charge in [-0.2, -0.15) is 0 Å². The summed E-state index contributed by atoms with van der Waals surface area (Å²) in [6.07, 6.45) is 4.49. The minimum Gasteiger partial charge on any atom is -0.507 e. The summed E-state index contributed by atoms with van der Waals surface area (Å²) in [6.45, 7) is 1.68. The molecule has 0 saturated heterocycles. The van der Waals surface area contributed by atoms with Crippen molar-refractivity contribution >= 4 is 22.4 Å². The van der Waals surface area contributed by atoms with Crippen molar-refractivity contribution in [3.8, 4) is 5.75 Å². The highest BCUT2D eigenvalue weighted by molar-refractivity contribution is 6.04. The Morgan fingerprint density at radius 3 is 2.85 bits per heavy atom. The van der Waals surface area contributed by atoms with E-state index >= 15 is 0 Å². The second-order valence-corrected chi connectivity index (χ2v) is 5.03. The Morgan fingerprint density at radius 1 is 1.40 bits per heavy atom. The molecule has 1 aromatic heterocycles. The third kappa shape index (κ3) is 1.96. The molecule has 1 aromatic carbocycles. The van der Waals surface area contributed by atoms with Gasteiger partial charge in [-0.25, -0.2) is 4.79 Å². The molecular weight excluding hydrogens is 256 g/mol. The number of nitrogens with zero attached hydrogens (tertiary/aromatic N) is 1. The van der Waals surface area contributed by atoms with Crippen LogP contribution in [0.3, 0.4) is 0 Å². The van der Waals surface area contributed by atoms with Crippen molar-refractivity contribution in [2.24, 2.45) is 7.05 Å². The normalized spacial score (nSPS) is 15.3. The molecule has 104 valence electrons. The van der Waals surface area contributed by atoms with Gasteiger partial charge in [0.2, 0.25) is 0 Å². The maximum atomic E-state index is 11.2. The monoisotopic (exact) mass is 272 g/mol. The van der Waals surface area contributed by atoms with Crippen molar-refractivity contribution in [2.75, 3.05) is 13.1 Å². The molecule has 0 aliphatic carbocycles. The second-order valence-electron chi connectivity index (χ2n) is 5.03. The lowest BCUT2D eigenvalue weighted by atomic mass is 9.97. The predicted molar refractivity (Wildman–Crippen MR) is 77.0 cm³/mol. The van der Waals surface area contributed by atoms with Crippen LogP contribution in [0.25, 0.3) is 16.5 Å². The van der Waals surface area contributed by atoms with Crippen LogP contribution in [0, 0.1) is 0 Å². The Kier molecular flexibility index (Phi) is 2.99. The second kappa shape index (κ2) is 4.68. The molecule has 0 fully saturated rings. The van der Waals surface area contributed by atoms with Gasteiger partial charge in [0, 0.05) is 36.3 Å². The fourth-order valence-electron chi connectivity index (χ4n) is 2.71. The molecule has 3 rings (SSSR count). The number of carboxylic acids is 1. The molecule has 2 aromatic rings. The number of phenolic OH excluding ortho intramolecular Hbond substituents is 1. The summed E-state index contributed by atoms with van der Waals surface area (Å²) in [5.41, 5.74) is 2.91. The zero-order valence-corrected chi connectivity index (χ0v) is 11.2. The van der Waals surface area contributed by atoms with Gasteiger partial charge < -0.3 is 20.1 Å².